The molecule has 88 valence electrons. The highest BCUT2D eigenvalue weighted by atomic mass is 16.1. The van der Waals surface area contributed by atoms with E-state index in [9.17, 15) is 4.79 Å². The van der Waals surface area contributed by atoms with Crippen molar-refractivity contribution in [1.29, 1.82) is 0 Å². The Morgan fingerprint density at radius 1 is 1.56 bits per heavy atom. The molecule has 0 amide bonds. The zero-order valence-corrected chi connectivity index (χ0v) is 9.70. The van der Waals surface area contributed by atoms with E-state index < -0.39 is 0 Å². The number of anilines is 1. The fourth-order valence-corrected chi connectivity index (χ4v) is 2.46. The molecular formula is C12H19N3O. The molecule has 0 bridgehead atoms. The lowest BCUT2D eigenvalue weighted by molar-refractivity contribution is 0.293. The molecule has 2 atom stereocenters. The number of rotatable bonds is 3. The molecule has 1 aromatic heterocycles. The van der Waals surface area contributed by atoms with Crippen molar-refractivity contribution in [3.05, 3.63) is 22.7 Å². The van der Waals surface area contributed by atoms with E-state index in [4.69, 9.17) is 0 Å². The molecule has 0 aromatic carbocycles. The molecule has 0 aliphatic heterocycles. The molecule has 2 unspecified atom stereocenters. The lowest BCUT2D eigenvalue weighted by Crippen LogP contribution is -2.22. The molecule has 1 heterocycles. The Bertz CT molecular complexity index is 388. The second-order valence-corrected chi connectivity index (χ2v) is 4.82. The first-order valence-corrected chi connectivity index (χ1v) is 6.02. The van der Waals surface area contributed by atoms with Crippen LogP contribution in [-0.2, 0) is 0 Å². The molecule has 2 N–H and O–H groups in total. The van der Waals surface area contributed by atoms with Gasteiger partial charge in [0.25, 0.3) is 5.56 Å². The molecule has 0 saturated heterocycles. The maximum Gasteiger partial charge on any atom is 0.252 e. The van der Waals surface area contributed by atoms with Crippen LogP contribution in [0.4, 0.5) is 5.82 Å². The Labute approximate surface area is 95.5 Å². The minimum Gasteiger partial charge on any atom is -0.370 e. The summed E-state index contributed by atoms with van der Waals surface area (Å²) in [6.07, 6.45) is 6.71. The minimum atomic E-state index is -0.102. The van der Waals surface area contributed by atoms with E-state index in [2.05, 4.69) is 22.2 Å². The summed E-state index contributed by atoms with van der Waals surface area (Å²) in [7, 11) is 0. The third kappa shape index (κ3) is 3.08. The normalized spacial score (nSPS) is 25.3. The topological polar surface area (TPSA) is 57.8 Å². The average Bonchev–Trinajstić information content (AvgIpc) is 2.27. The van der Waals surface area contributed by atoms with Crippen molar-refractivity contribution >= 4 is 5.82 Å². The standard InChI is InChI=1S/C12H19N3O/c1-9-3-2-4-10(5-9)7-13-11-6-12(16)15-8-14-11/h6,8-10H,2-5,7H2,1H3,(H2,13,14,15,16). The van der Waals surface area contributed by atoms with Crippen molar-refractivity contribution in [2.75, 3.05) is 11.9 Å². The molecule has 0 radical (unpaired) electrons. The van der Waals surface area contributed by atoms with Crippen molar-refractivity contribution in [1.82, 2.24) is 9.97 Å². The fraction of sp³-hybridized carbons (Fsp3) is 0.667. The van der Waals surface area contributed by atoms with E-state index in [1.165, 1.54) is 38.1 Å². The third-order valence-corrected chi connectivity index (χ3v) is 3.30. The van der Waals surface area contributed by atoms with E-state index in [1.807, 2.05) is 0 Å². The van der Waals surface area contributed by atoms with E-state index in [1.54, 1.807) is 0 Å². The van der Waals surface area contributed by atoms with Crippen LogP contribution in [0, 0.1) is 11.8 Å². The third-order valence-electron chi connectivity index (χ3n) is 3.30. The maximum atomic E-state index is 11.1. The first-order valence-electron chi connectivity index (χ1n) is 6.02. The van der Waals surface area contributed by atoms with Crippen LogP contribution in [0.5, 0.6) is 0 Å². The van der Waals surface area contributed by atoms with Gasteiger partial charge in [-0.2, -0.15) is 0 Å². The summed E-state index contributed by atoms with van der Waals surface area (Å²) in [6, 6.07) is 1.51. The molecule has 1 aliphatic rings. The quantitative estimate of drug-likeness (QED) is 0.820. The summed E-state index contributed by atoms with van der Waals surface area (Å²) in [4.78, 5) is 17.6. The number of hydrogen-bond donors (Lipinski definition) is 2. The molecule has 2 rings (SSSR count). The molecule has 1 fully saturated rings. The van der Waals surface area contributed by atoms with Gasteiger partial charge in [0, 0.05) is 12.6 Å². The van der Waals surface area contributed by atoms with Crippen LogP contribution in [0.2, 0.25) is 0 Å². The zero-order chi connectivity index (χ0) is 11.4. The Morgan fingerprint density at radius 3 is 3.19 bits per heavy atom. The summed E-state index contributed by atoms with van der Waals surface area (Å²) in [5.41, 5.74) is -0.102. The van der Waals surface area contributed by atoms with Crippen LogP contribution < -0.4 is 10.9 Å². The lowest BCUT2D eigenvalue weighted by Gasteiger charge is -2.26. The first-order chi connectivity index (χ1) is 7.74. The molecule has 0 spiro atoms. The van der Waals surface area contributed by atoms with E-state index in [0.29, 0.717) is 5.82 Å². The summed E-state index contributed by atoms with van der Waals surface area (Å²) >= 11 is 0. The zero-order valence-electron chi connectivity index (χ0n) is 9.70. The molecule has 16 heavy (non-hydrogen) atoms. The Kier molecular flexibility index (Phi) is 3.59. The van der Waals surface area contributed by atoms with Gasteiger partial charge in [0.15, 0.2) is 0 Å². The van der Waals surface area contributed by atoms with Gasteiger partial charge in [-0.05, 0) is 24.7 Å². The molecule has 1 aliphatic carbocycles. The highest BCUT2D eigenvalue weighted by molar-refractivity contribution is 5.31. The molecule has 4 nitrogen and oxygen atoms in total. The van der Waals surface area contributed by atoms with Gasteiger partial charge in [0.2, 0.25) is 0 Å². The Balaban J connectivity index is 1.85. The van der Waals surface area contributed by atoms with E-state index in [-0.39, 0.29) is 5.56 Å². The van der Waals surface area contributed by atoms with Gasteiger partial charge in [-0.3, -0.25) is 4.79 Å². The number of hydrogen-bond acceptors (Lipinski definition) is 3. The van der Waals surface area contributed by atoms with Crippen molar-refractivity contribution in [2.45, 2.75) is 32.6 Å². The number of aromatic nitrogens is 2. The number of H-pyrrole nitrogens is 1. The fourth-order valence-electron chi connectivity index (χ4n) is 2.46. The summed E-state index contributed by atoms with van der Waals surface area (Å²) < 4.78 is 0. The number of aromatic amines is 1. The smallest absolute Gasteiger partial charge is 0.252 e. The first kappa shape index (κ1) is 11.2. The Morgan fingerprint density at radius 2 is 2.44 bits per heavy atom. The van der Waals surface area contributed by atoms with Crippen LogP contribution in [0.1, 0.15) is 32.6 Å². The molecule has 1 saturated carbocycles. The highest BCUT2D eigenvalue weighted by Gasteiger charge is 2.18. The van der Waals surface area contributed by atoms with Crippen molar-refractivity contribution in [3.63, 3.8) is 0 Å². The van der Waals surface area contributed by atoms with Crippen LogP contribution in [-0.4, -0.2) is 16.5 Å². The van der Waals surface area contributed by atoms with Gasteiger partial charge in [0.1, 0.15) is 5.82 Å². The van der Waals surface area contributed by atoms with Gasteiger partial charge in [0.05, 0.1) is 6.33 Å². The van der Waals surface area contributed by atoms with Crippen LogP contribution in [0.25, 0.3) is 0 Å². The summed E-state index contributed by atoms with van der Waals surface area (Å²) in [5, 5.41) is 3.24. The van der Waals surface area contributed by atoms with Crippen molar-refractivity contribution < 1.29 is 0 Å². The van der Waals surface area contributed by atoms with E-state index in [0.717, 1.165) is 18.4 Å². The molecule has 4 heteroatoms. The van der Waals surface area contributed by atoms with Gasteiger partial charge >= 0.3 is 0 Å². The van der Waals surface area contributed by atoms with Gasteiger partial charge in [-0.25, -0.2) is 4.98 Å². The Hall–Kier alpha value is -1.32. The van der Waals surface area contributed by atoms with Gasteiger partial charge in [-0.15, -0.1) is 0 Å². The molecular weight excluding hydrogens is 202 g/mol. The van der Waals surface area contributed by atoms with Crippen LogP contribution >= 0.6 is 0 Å². The van der Waals surface area contributed by atoms with Crippen molar-refractivity contribution in [2.24, 2.45) is 11.8 Å². The number of nitrogens with one attached hydrogen (secondary N) is 2. The predicted molar refractivity (Wildman–Crippen MR) is 64.5 cm³/mol. The average molecular weight is 221 g/mol. The largest absolute Gasteiger partial charge is 0.370 e. The van der Waals surface area contributed by atoms with Crippen molar-refractivity contribution in [3.8, 4) is 0 Å². The van der Waals surface area contributed by atoms with Crippen LogP contribution in [0.15, 0.2) is 17.2 Å². The maximum absolute atomic E-state index is 11.1. The minimum absolute atomic E-state index is 0.102. The van der Waals surface area contributed by atoms with E-state index >= 15 is 0 Å². The van der Waals surface area contributed by atoms with Crippen LogP contribution in [0.3, 0.4) is 0 Å². The van der Waals surface area contributed by atoms with Gasteiger partial charge < -0.3 is 10.3 Å². The van der Waals surface area contributed by atoms with Gasteiger partial charge in [-0.1, -0.05) is 19.8 Å². The molecule has 1 aromatic rings. The highest BCUT2D eigenvalue weighted by Crippen LogP contribution is 2.28. The monoisotopic (exact) mass is 221 g/mol. The SMILES string of the molecule is CC1CCCC(CNc2cc(=O)[nH]cn2)C1. The second kappa shape index (κ2) is 5.14. The summed E-state index contributed by atoms with van der Waals surface area (Å²) in [5.74, 6) is 2.25. The lowest BCUT2D eigenvalue weighted by atomic mass is 9.82. The predicted octanol–water partition coefficient (Wildman–Crippen LogP) is 2.01. The number of nitrogens with zero attached hydrogens (tertiary/aromatic N) is 1. The summed E-state index contributed by atoms with van der Waals surface area (Å²) in [6.45, 7) is 3.25. The second-order valence-electron chi connectivity index (χ2n) is 4.82.